The molecule has 0 aliphatic heterocycles. The Kier molecular flexibility index (Phi) is 8.42. The van der Waals surface area contributed by atoms with Crippen LogP contribution in [0.4, 0.5) is 34.9 Å². The number of hydrogen-bond donors (Lipinski definition) is 0. The van der Waals surface area contributed by atoms with E-state index < -0.39 is 51.7 Å². The van der Waals surface area contributed by atoms with E-state index in [1.54, 1.807) is 0 Å². The van der Waals surface area contributed by atoms with Gasteiger partial charge in [-0.15, -0.1) is 0 Å². The lowest BCUT2D eigenvalue weighted by molar-refractivity contribution is 0.377. The fraction of sp³-hybridized carbons (Fsp3) is 0.0400. The summed E-state index contributed by atoms with van der Waals surface area (Å²) in [6.07, 6.45) is 0. The smallest absolute Gasteiger partial charge is 0.445 e. The summed E-state index contributed by atoms with van der Waals surface area (Å²) in [5.74, 6) is -13.0. The Labute approximate surface area is 208 Å². The van der Waals surface area contributed by atoms with Crippen molar-refractivity contribution in [2.45, 2.75) is 16.7 Å². The van der Waals surface area contributed by atoms with E-state index in [1.165, 1.54) is 0 Å². The second-order valence-electron chi connectivity index (χ2n) is 7.58. The van der Waals surface area contributed by atoms with E-state index in [-0.39, 0.29) is 0 Å². The summed E-state index contributed by atoms with van der Waals surface area (Å²) in [5, 5.41) is 0. The minimum atomic E-state index is -6.30. The fourth-order valence-electron chi connectivity index (χ4n) is 3.07. The minimum absolute atomic E-state index is 0.600. The van der Waals surface area contributed by atoms with Gasteiger partial charge in [0.2, 0.25) is 9.79 Å². The first-order chi connectivity index (χ1) is 17.4. The lowest BCUT2D eigenvalue weighted by Crippen LogP contribution is -2.41. The molecule has 0 fully saturated rings. The molecular formula is C25H17BF8O2S. The number of rotatable bonds is 5. The van der Waals surface area contributed by atoms with Crippen molar-refractivity contribution >= 4 is 22.7 Å². The first-order valence-electron chi connectivity index (χ1n) is 10.5. The molecular weight excluding hydrogens is 527 g/mol. The zero-order valence-corrected chi connectivity index (χ0v) is 19.7. The van der Waals surface area contributed by atoms with E-state index in [2.05, 4.69) is 0 Å². The van der Waals surface area contributed by atoms with Crippen LogP contribution in [0.1, 0.15) is 5.56 Å². The summed E-state index contributed by atoms with van der Waals surface area (Å²) in [4.78, 5) is 1.34. The van der Waals surface area contributed by atoms with Crippen molar-refractivity contribution in [2.75, 3.05) is 0 Å². The molecule has 0 aliphatic carbocycles. The lowest BCUT2D eigenvalue weighted by Gasteiger charge is -2.17. The summed E-state index contributed by atoms with van der Waals surface area (Å²) < 4.78 is 117. The highest BCUT2D eigenvalue weighted by Gasteiger charge is 2.39. The van der Waals surface area contributed by atoms with Crippen molar-refractivity contribution in [3.8, 4) is 5.75 Å². The largest absolute Gasteiger partial charge is 0.515 e. The van der Waals surface area contributed by atoms with Crippen LogP contribution in [-0.2, 0) is 14.4 Å². The van der Waals surface area contributed by atoms with Crippen molar-refractivity contribution in [1.29, 1.82) is 0 Å². The molecule has 4 aromatic rings. The van der Waals surface area contributed by atoms with Gasteiger partial charge >= 0.3 is 17.2 Å². The molecule has 4 aromatic carbocycles. The molecule has 0 unspecified atom stereocenters. The van der Waals surface area contributed by atoms with Gasteiger partial charge in [0.15, 0.2) is 23.2 Å². The van der Waals surface area contributed by atoms with Crippen LogP contribution in [0.3, 0.4) is 0 Å². The average Bonchev–Trinajstić information content (AvgIpc) is 2.88. The van der Waals surface area contributed by atoms with Crippen LogP contribution in [0, 0.1) is 36.0 Å². The first kappa shape index (κ1) is 27.9. The van der Waals surface area contributed by atoms with Crippen molar-refractivity contribution in [3.05, 3.63) is 120 Å². The molecule has 0 spiro atoms. The predicted octanol–water partition coefficient (Wildman–Crippen LogP) is 7.34. The van der Waals surface area contributed by atoms with E-state index in [9.17, 15) is 39.1 Å². The molecule has 0 amide bonds. The van der Waals surface area contributed by atoms with Gasteiger partial charge in [0.1, 0.15) is 11.6 Å². The lowest BCUT2D eigenvalue weighted by atomic mass is 9.79. The van der Waals surface area contributed by atoms with Crippen molar-refractivity contribution in [1.82, 2.24) is 0 Å². The van der Waals surface area contributed by atoms with Gasteiger partial charge in [-0.3, -0.25) is 4.18 Å². The van der Waals surface area contributed by atoms with E-state index in [1.807, 2.05) is 91.9 Å². The van der Waals surface area contributed by atoms with E-state index in [0.717, 1.165) is 5.56 Å². The third-order valence-electron chi connectivity index (χ3n) is 4.91. The van der Waals surface area contributed by atoms with Gasteiger partial charge in [-0.25, -0.2) is 22.0 Å². The molecule has 0 saturated carbocycles. The maximum absolute atomic E-state index is 13.6. The van der Waals surface area contributed by atoms with Crippen LogP contribution < -0.4 is 9.65 Å². The van der Waals surface area contributed by atoms with Gasteiger partial charge in [0.25, 0.3) is 0 Å². The highest BCUT2D eigenvalue weighted by Crippen LogP contribution is 2.32. The second kappa shape index (κ2) is 11.2. The van der Waals surface area contributed by atoms with Crippen LogP contribution in [0.5, 0.6) is 5.75 Å². The molecule has 0 bridgehead atoms. The summed E-state index contributed by atoms with van der Waals surface area (Å²) in [5.41, 5.74) is -1.59. The molecule has 0 N–H and O–H groups in total. The molecule has 37 heavy (non-hydrogen) atoms. The zero-order valence-electron chi connectivity index (χ0n) is 18.9. The SMILES string of the molecule is Cc1ccc(O[S+](=O)(c2ccccc2)c2ccccc2)cc1.Fc1c(F)c(F)c([B-](F)(F)F)c(F)c1F. The summed E-state index contributed by atoms with van der Waals surface area (Å²) in [6.45, 7) is -4.29. The maximum atomic E-state index is 13.6. The topological polar surface area (TPSA) is 26.3 Å². The van der Waals surface area contributed by atoms with Gasteiger partial charge < -0.3 is 12.9 Å². The highest BCUT2D eigenvalue weighted by molar-refractivity contribution is 7.99. The number of hydrogen-bond acceptors (Lipinski definition) is 2. The summed E-state index contributed by atoms with van der Waals surface area (Å²) in [7, 11) is -2.81. The van der Waals surface area contributed by atoms with E-state index >= 15 is 0 Å². The number of aryl methyl sites for hydroxylation is 1. The van der Waals surface area contributed by atoms with Gasteiger partial charge in [0.05, 0.1) is 0 Å². The number of benzene rings is 4. The first-order valence-corrected chi connectivity index (χ1v) is 12.0. The molecule has 0 aliphatic rings. The maximum Gasteiger partial charge on any atom is 0.515 e. The molecule has 4 rings (SSSR count). The van der Waals surface area contributed by atoms with Crippen molar-refractivity contribution in [2.24, 2.45) is 0 Å². The Balaban J connectivity index is 0.000000222. The van der Waals surface area contributed by atoms with Crippen LogP contribution in [-0.4, -0.2) is 6.98 Å². The van der Waals surface area contributed by atoms with E-state index in [0.29, 0.717) is 15.5 Å². The molecule has 2 nitrogen and oxygen atoms in total. The third kappa shape index (κ3) is 6.19. The summed E-state index contributed by atoms with van der Waals surface area (Å²) >= 11 is 0. The Hall–Kier alpha value is -3.67. The Morgan fingerprint density at radius 2 is 0.973 bits per heavy atom. The summed E-state index contributed by atoms with van der Waals surface area (Å²) in [6, 6.07) is 26.2. The Morgan fingerprint density at radius 1 is 0.595 bits per heavy atom. The van der Waals surface area contributed by atoms with Gasteiger partial charge in [0, 0.05) is 0 Å². The molecule has 194 valence electrons. The molecule has 0 atom stereocenters. The zero-order chi connectivity index (χ0) is 27.4. The quantitative estimate of drug-likeness (QED) is 0.0865. The fourth-order valence-corrected chi connectivity index (χ4v) is 4.95. The van der Waals surface area contributed by atoms with Crippen LogP contribution in [0.15, 0.2) is 94.7 Å². The highest BCUT2D eigenvalue weighted by atomic mass is 32.3. The van der Waals surface area contributed by atoms with Gasteiger partial charge in [-0.05, 0) is 53.0 Å². The molecule has 0 saturated heterocycles. The second-order valence-corrected chi connectivity index (χ2v) is 9.70. The third-order valence-corrected chi connectivity index (χ3v) is 7.13. The normalized spacial score (nSPS) is 11.5. The Bertz CT molecular complexity index is 1340. The van der Waals surface area contributed by atoms with Crippen LogP contribution in [0.2, 0.25) is 0 Å². The standard InChI is InChI=1S/C19H17O2S.C6BF8/c1-16-12-14-17(15-13-16)21-22(20,18-8-4-2-5-9-18)19-10-6-3-7-11-19;8-2-1(7(13,14)15)3(9)5(11)6(12)4(2)10/h2-15H,1H3;/q+1;-1. The monoisotopic (exact) mass is 544 g/mol. The molecule has 12 heteroatoms. The Morgan fingerprint density at radius 3 is 1.35 bits per heavy atom. The average molecular weight is 544 g/mol. The molecule has 0 aromatic heterocycles. The predicted molar refractivity (Wildman–Crippen MR) is 124 cm³/mol. The molecule has 0 radical (unpaired) electrons. The number of halogens is 8. The van der Waals surface area contributed by atoms with Crippen molar-refractivity contribution < 1.29 is 43.3 Å². The van der Waals surface area contributed by atoms with Crippen LogP contribution in [0.25, 0.3) is 0 Å². The van der Waals surface area contributed by atoms with E-state index in [4.69, 9.17) is 4.18 Å². The minimum Gasteiger partial charge on any atom is -0.445 e. The van der Waals surface area contributed by atoms with Crippen LogP contribution >= 0.6 is 0 Å². The van der Waals surface area contributed by atoms with Gasteiger partial charge in [-0.2, -0.15) is 0 Å². The molecule has 0 heterocycles. The van der Waals surface area contributed by atoms with Gasteiger partial charge in [-0.1, -0.05) is 54.1 Å². The van der Waals surface area contributed by atoms with Crippen molar-refractivity contribution in [3.63, 3.8) is 0 Å².